The topological polar surface area (TPSA) is 178 Å². The molecule has 0 unspecified atom stereocenters. The molecule has 1 aliphatic heterocycles. The Morgan fingerprint density at radius 2 is 1.64 bits per heavy atom. The average molecular weight is 688 g/mol. The van der Waals surface area contributed by atoms with Crippen LogP contribution in [-0.4, -0.2) is 95.2 Å². The Morgan fingerprint density at radius 1 is 0.940 bits per heavy atom. The number of primary amides is 1. The molecule has 0 saturated carbocycles. The molecule has 13 heteroatoms. The third-order valence-electron chi connectivity index (χ3n) is 8.27. The molecule has 1 fully saturated rings. The molecule has 0 radical (unpaired) electrons. The number of aliphatic carboxylic acids is 1. The van der Waals surface area contributed by atoms with Crippen molar-refractivity contribution in [1.29, 1.82) is 0 Å². The van der Waals surface area contributed by atoms with Crippen LogP contribution < -0.4 is 15.8 Å². The van der Waals surface area contributed by atoms with Gasteiger partial charge in [0.15, 0.2) is 11.6 Å². The monoisotopic (exact) mass is 687 g/mol. The van der Waals surface area contributed by atoms with Gasteiger partial charge < -0.3 is 35.3 Å². The number of hydrogen-bond donors (Lipinski definition) is 4. The number of rotatable bonds is 18. The number of ether oxygens (including phenoxy) is 3. The zero-order valence-electron chi connectivity index (χ0n) is 29.0. The molecule has 3 heterocycles. The lowest BCUT2D eigenvalue weighted by Gasteiger charge is -2.40. The van der Waals surface area contributed by atoms with E-state index in [9.17, 15) is 9.59 Å². The molecule has 1 aliphatic rings. The summed E-state index contributed by atoms with van der Waals surface area (Å²) in [6, 6.07) is 19.1. The van der Waals surface area contributed by atoms with Crippen LogP contribution in [0, 0.1) is 6.92 Å². The number of nitrogens with two attached hydrogens (primary N) is 1. The molecule has 2 aromatic heterocycles. The minimum atomic E-state index is -0.936. The molecule has 5 N–H and O–H groups in total. The summed E-state index contributed by atoms with van der Waals surface area (Å²) in [5.74, 6) is 0.970. The third kappa shape index (κ3) is 12.6. The van der Waals surface area contributed by atoms with E-state index in [-0.39, 0.29) is 6.61 Å². The quantitative estimate of drug-likeness (QED) is 0.103. The Labute approximate surface area is 293 Å². The fourth-order valence-corrected chi connectivity index (χ4v) is 5.39. The molecule has 0 bridgehead atoms. The highest BCUT2D eigenvalue weighted by molar-refractivity contribution is 5.93. The molecular weight excluding hydrogens is 638 g/mol. The van der Waals surface area contributed by atoms with Crippen LogP contribution in [0.2, 0.25) is 0 Å². The number of pyridine rings is 1. The fourth-order valence-electron chi connectivity index (χ4n) is 5.39. The van der Waals surface area contributed by atoms with Gasteiger partial charge in [-0.2, -0.15) is 5.10 Å². The normalized spacial score (nSPS) is 14.0. The number of H-pyrrole nitrogens is 1. The van der Waals surface area contributed by atoms with Gasteiger partial charge in [-0.1, -0.05) is 23.8 Å². The summed E-state index contributed by atoms with van der Waals surface area (Å²) in [4.78, 5) is 32.9. The van der Waals surface area contributed by atoms with Gasteiger partial charge in [0, 0.05) is 62.1 Å². The van der Waals surface area contributed by atoms with Crippen molar-refractivity contribution in [3.8, 4) is 17.1 Å². The second-order valence-corrected chi connectivity index (χ2v) is 12.3. The number of carbonyl (C=O) groups is 2. The van der Waals surface area contributed by atoms with Crippen molar-refractivity contribution >= 4 is 17.6 Å². The second-order valence-electron chi connectivity index (χ2n) is 12.3. The van der Waals surface area contributed by atoms with E-state index in [1.54, 1.807) is 24.5 Å². The van der Waals surface area contributed by atoms with Crippen LogP contribution in [-0.2, 0) is 19.8 Å². The van der Waals surface area contributed by atoms with Crippen LogP contribution in [0.3, 0.4) is 0 Å². The van der Waals surface area contributed by atoms with Crippen molar-refractivity contribution in [1.82, 2.24) is 25.1 Å². The van der Waals surface area contributed by atoms with Crippen molar-refractivity contribution in [3.05, 3.63) is 90.0 Å². The van der Waals surface area contributed by atoms with Gasteiger partial charge in [-0.3, -0.25) is 14.9 Å². The number of piperidine rings is 1. The number of nitrogens with zero attached hydrogens (tertiary/aromatic N) is 4. The van der Waals surface area contributed by atoms with E-state index < -0.39 is 17.4 Å². The van der Waals surface area contributed by atoms with Crippen LogP contribution in [0.4, 0.5) is 5.69 Å². The number of aromatic amines is 1. The number of likely N-dealkylation sites (tertiary alicyclic amines) is 1. The van der Waals surface area contributed by atoms with Crippen molar-refractivity contribution in [3.63, 3.8) is 0 Å². The number of amides is 1. The Kier molecular flexibility index (Phi) is 15.2. The van der Waals surface area contributed by atoms with Crippen molar-refractivity contribution in [2.45, 2.75) is 51.0 Å². The molecular formula is C37H49N7O6. The van der Waals surface area contributed by atoms with E-state index in [0.717, 1.165) is 87.7 Å². The smallest absolute Gasteiger partial charge is 0.329 e. The highest BCUT2D eigenvalue weighted by atomic mass is 16.5. The molecule has 50 heavy (non-hydrogen) atoms. The number of unbranched alkanes of at least 4 members (excludes halogenated alkanes) is 2. The van der Waals surface area contributed by atoms with Crippen molar-refractivity contribution in [2.24, 2.45) is 5.73 Å². The summed E-state index contributed by atoms with van der Waals surface area (Å²) in [6.07, 6.45) is 8.98. The van der Waals surface area contributed by atoms with Crippen LogP contribution in [0.5, 0.6) is 5.75 Å². The van der Waals surface area contributed by atoms with Crippen molar-refractivity contribution in [2.75, 3.05) is 58.5 Å². The first-order valence-corrected chi connectivity index (χ1v) is 17.0. The molecule has 13 nitrogen and oxygen atoms in total. The van der Waals surface area contributed by atoms with E-state index in [1.807, 2.05) is 48.5 Å². The largest absolute Gasteiger partial charge is 0.494 e. The maximum Gasteiger partial charge on any atom is 0.329 e. The van der Waals surface area contributed by atoms with Crippen LogP contribution in [0.15, 0.2) is 73.1 Å². The van der Waals surface area contributed by atoms with Gasteiger partial charge in [0.25, 0.3) is 0 Å². The van der Waals surface area contributed by atoms with Gasteiger partial charge in [0.2, 0.25) is 5.91 Å². The highest BCUT2D eigenvalue weighted by Gasteiger charge is 2.38. The SMILES string of the molecule is CN1CCC(Nc2cccc(C(N)=O)c2)(c2nc(-c3ccncc3)n[nH]2)CC1.Cc1ccc(OCCCCCOCCCOCC(=O)O)cc1. The standard InChI is InChI=1S/C20H23N7O.C17H26O5/c1-27-11-7-20(8-12-27,24-16-4-2-3-15(13-16)17(21)28)19-23-18(25-26-19)14-5-9-22-10-6-14;1-15-6-8-16(9-7-15)22-13-4-2-3-10-20-11-5-12-21-14-17(18)19/h2-6,9-10,13,24H,7-8,11-12H2,1H3,(H2,21,28)(H,23,25,26);6-9H,2-5,10-14H2,1H3,(H,18,19). The maximum atomic E-state index is 11.6. The zero-order valence-corrected chi connectivity index (χ0v) is 29.0. The lowest BCUT2D eigenvalue weighted by atomic mass is 9.86. The van der Waals surface area contributed by atoms with E-state index in [1.165, 1.54) is 5.56 Å². The number of anilines is 1. The number of carboxylic acids is 1. The summed E-state index contributed by atoms with van der Waals surface area (Å²) in [5, 5.41) is 19.5. The second kappa shape index (κ2) is 20.0. The predicted octanol–water partition coefficient (Wildman–Crippen LogP) is 5.05. The number of nitrogens with one attached hydrogen (secondary N) is 2. The minimum Gasteiger partial charge on any atom is -0.494 e. The number of benzene rings is 2. The zero-order chi connectivity index (χ0) is 35.6. The number of hydrogen-bond acceptors (Lipinski definition) is 10. The predicted molar refractivity (Wildman–Crippen MR) is 191 cm³/mol. The minimum absolute atomic E-state index is 0.235. The van der Waals surface area contributed by atoms with Gasteiger partial charge in [-0.05, 0) is 95.0 Å². The van der Waals surface area contributed by atoms with Gasteiger partial charge in [0.1, 0.15) is 12.4 Å². The number of carboxylic acid groups (broad SMARTS) is 1. The first kappa shape index (κ1) is 38.0. The maximum absolute atomic E-state index is 11.6. The van der Waals surface area contributed by atoms with Crippen LogP contribution in [0.1, 0.15) is 60.3 Å². The average Bonchev–Trinajstić information content (AvgIpc) is 3.63. The fraction of sp³-hybridized carbons (Fsp3) is 0.432. The van der Waals surface area contributed by atoms with Crippen LogP contribution >= 0.6 is 0 Å². The molecule has 4 aromatic rings. The van der Waals surface area contributed by atoms with E-state index in [0.29, 0.717) is 24.6 Å². The summed E-state index contributed by atoms with van der Waals surface area (Å²) in [5.41, 5.74) is 8.50. The Morgan fingerprint density at radius 3 is 2.36 bits per heavy atom. The summed E-state index contributed by atoms with van der Waals surface area (Å²) in [6.45, 7) is 6.16. The highest BCUT2D eigenvalue weighted by Crippen LogP contribution is 2.35. The third-order valence-corrected chi connectivity index (χ3v) is 8.27. The molecule has 0 spiro atoms. The number of carbonyl (C=O) groups excluding carboxylic acids is 1. The molecule has 0 atom stereocenters. The van der Waals surface area contributed by atoms with Gasteiger partial charge in [-0.25, -0.2) is 9.78 Å². The van der Waals surface area contributed by atoms with Crippen molar-refractivity contribution < 1.29 is 28.9 Å². The van der Waals surface area contributed by atoms with Gasteiger partial charge >= 0.3 is 5.97 Å². The summed E-state index contributed by atoms with van der Waals surface area (Å²) >= 11 is 0. The molecule has 1 amide bonds. The Bertz CT molecular complexity index is 1590. The summed E-state index contributed by atoms with van der Waals surface area (Å²) in [7, 11) is 2.11. The van der Waals surface area contributed by atoms with Gasteiger partial charge in [-0.15, -0.1) is 0 Å². The van der Waals surface area contributed by atoms with E-state index in [4.69, 9.17) is 30.0 Å². The lowest BCUT2D eigenvalue weighted by Crippen LogP contribution is -2.46. The van der Waals surface area contributed by atoms with Crippen LogP contribution in [0.25, 0.3) is 11.4 Å². The lowest BCUT2D eigenvalue weighted by molar-refractivity contribution is -0.142. The molecule has 5 rings (SSSR count). The number of aryl methyl sites for hydroxylation is 1. The molecule has 1 saturated heterocycles. The summed E-state index contributed by atoms with van der Waals surface area (Å²) < 4.78 is 16.0. The van der Waals surface area contributed by atoms with Gasteiger partial charge in [0.05, 0.1) is 12.1 Å². The number of aromatic nitrogens is 4. The Balaban J connectivity index is 0.000000233. The molecule has 2 aromatic carbocycles. The Hall–Kier alpha value is -4.85. The molecule has 0 aliphatic carbocycles. The van der Waals surface area contributed by atoms with E-state index >= 15 is 0 Å². The van der Waals surface area contributed by atoms with E-state index in [2.05, 4.69) is 39.4 Å². The first-order valence-electron chi connectivity index (χ1n) is 17.0. The first-order chi connectivity index (χ1) is 24.2. The molecule has 268 valence electrons.